The Morgan fingerprint density at radius 3 is 2.56 bits per heavy atom. The number of aryl methyl sites for hydroxylation is 1. The van der Waals surface area contributed by atoms with Gasteiger partial charge in [0.15, 0.2) is 5.90 Å². The van der Waals surface area contributed by atoms with Gasteiger partial charge in [-0.15, -0.1) is 0 Å². The van der Waals surface area contributed by atoms with Gasteiger partial charge in [0.1, 0.15) is 6.61 Å². The smallest absolute Gasteiger partial charge is 0.184 e. The molecule has 234 valence electrons. The molecule has 1 aromatic heterocycles. The van der Waals surface area contributed by atoms with Gasteiger partial charge in [-0.25, -0.2) is 9.98 Å². The zero-order chi connectivity index (χ0) is 31.7. The lowest BCUT2D eigenvalue weighted by Gasteiger charge is -2.24. The molecule has 1 atom stereocenters. The number of rotatable bonds is 12. The second kappa shape index (κ2) is 12.9. The Morgan fingerprint density at radius 2 is 1.80 bits per heavy atom. The second-order valence-corrected chi connectivity index (χ2v) is 15.5. The Bertz CT molecular complexity index is 1730. The molecule has 0 radical (unpaired) electrons. The van der Waals surface area contributed by atoms with Crippen molar-refractivity contribution in [2.75, 3.05) is 12.4 Å². The molecule has 1 fully saturated rings. The van der Waals surface area contributed by atoms with Gasteiger partial charge in [0.05, 0.1) is 22.4 Å². The summed E-state index contributed by atoms with van der Waals surface area (Å²) in [7, 11) is 0. The fourth-order valence-electron chi connectivity index (χ4n) is 6.11. The van der Waals surface area contributed by atoms with Crippen molar-refractivity contribution in [2.45, 2.75) is 76.2 Å². The summed E-state index contributed by atoms with van der Waals surface area (Å²) in [6.07, 6.45) is 9.49. The summed E-state index contributed by atoms with van der Waals surface area (Å²) in [5.74, 6) is 2.02. The van der Waals surface area contributed by atoms with Gasteiger partial charge in [0.25, 0.3) is 0 Å². The lowest BCUT2D eigenvalue weighted by atomic mass is 9.90. The number of aliphatic imine (C=N–C) groups is 1. The van der Waals surface area contributed by atoms with E-state index in [0.29, 0.717) is 16.9 Å². The monoisotopic (exact) mass is 638 g/mol. The van der Waals surface area contributed by atoms with Crippen LogP contribution in [0, 0.1) is 5.41 Å². The number of aliphatic hydroxyl groups is 1. The normalized spacial score (nSPS) is 17.8. The Morgan fingerprint density at radius 1 is 1.00 bits per heavy atom. The molecule has 1 saturated carbocycles. The Kier molecular flexibility index (Phi) is 9.16. The highest BCUT2D eigenvalue weighted by atomic mass is 35.5. The molecule has 2 heterocycles. The number of nitrogens with zero attached hydrogens (tertiary/aromatic N) is 2. The van der Waals surface area contributed by atoms with Crippen molar-refractivity contribution in [3.05, 3.63) is 112 Å². The van der Waals surface area contributed by atoms with Crippen LogP contribution in [0.2, 0.25) is 5.02 Å². The van der Waals surface area contributed by atoms with E-state index < -0.39 is 5.60 Å². The number of halogens is 1. The molecule has 0 unspecified atom stereocenters. The summed E-state index contributed by atoms with van der Waals surface area (Å²) < 4.78 is 5.99. The molecule has 6 heteroatoms. The minimum atomic E-state index is -0.875. The van der Waals surface area contributed by atoms with E-state index in [-0.39, 0.29) is 11.0 Å². The van der Waals surface area contributed by atoms with Gasteiger partial charge in [-0.3, -0.25) is 0 Å². The van der Waals surface area contributed by atoms with Gasteiger partial charge in [-0.05, 0) is 105 Å². The van der Waals surface area contributed by atoms with E-state index in [1.807, 2.05) is 44.2 Å². The molecule has 6 rings (SSSR count). The zero-order valence-corrected chi connectivity index (χ0v) is 28.3. The summed E-state index contributed by atoms with van der Waals surface area (Å²) >= 11 is 8.28. The number of ether oxygens (including phenoxy) is 1. The predicted octanol–water partition coefficient (Wildman–Crippen LogP) is 10.1. The van der Waals surface area contributed by atoms with E-state index in [9.17, 15) is 5.11 Å². The number of pyridine rings is 1. The standard InChI is InChI=1S/C39H43ClN2O2S/c1-37(2)25-44-36(42-37)24-39(20-21-39)26-45-35(19-15-28-9-5-6-11-33(28)38(3,4)43)30-10-7-8-27(22-30)12-17-32-18-14-29-13-16-31(40)23-34(29)41-32/h5-14,16-18,22-23,35,43H,15,19-21,24-26H2,1-4H3/t35-/m1/s1. The molecule has 3 aromatic carbocycles. The van der Waals surface area contributed by atoms with E-state index >= 15 is 0 Å². The maximum atomic E-state index is 10.9. The molecule has 4 aromatic rings. The molecule has 0 saturated heterocycles. The van der Waals surface area contributed by atoms with Crippen LogP contribution in [0.1, 0.15) is 86.6 Å². The minimum absolute atomic E-state index is 0.113. The van der Waals surface area contributed by atoms with Crippen molar-refractivity contribution >= 4 is 52.3 Å². The molecule has 1 N–H and O–H groups in total. The van der Waals surface area contributed by atoms with Gasteiger partial charge in [0.2, 0.25) is 0 Å². The molecule has 1 aliphatic carbocycles. The van der Waals surface area contributed by atoms with Crippen LogP contribution in [0.3, 0.4) is 0 Å². The Balaban J connectivity index is 1.22. The highest BCUT2D eigenvalue weighted by Gasteiger charge is 2.45. The molecular weight excluding hydrogens is 596 g/mol. The van der Waals surface area contributed by atoms with E-state index in [4.69, 9.17) is 26.3 Å². The summed E-state index contributed by atoms with van der Waals surface area (Å²) in [6.45, 7) is 8.71. The fourth-order valence-corrected chi connectivity index (χ4v) is 7.85. The molecule has 45 heavy (non-hydrogen) atoms. The third kappa shape index (κ3) is 8.19. The summed E-state index contributed by atoms with van der Waals surface area (Å²) in [5.41, 5.74) is 5.78. The highest BCUT2D eigenvalue weighted by molar-refractivity contribution is 7.99. The number of aromatic nitrogens is 1. The number of fused-ring (bicyclic) bond motifs is 1. The largest absolute Gasteiger partial charge is 0.478 e. The summed E-state index contributed by atoms with van der Waals surface area (Å²) in [5, 5.41) is 12.9. The van der Waals surface area contributed by atoms with Gasteiger partial charge in [-0.2, -0.15) is 11.8 Å². The van der Waals surface area contributed by atoms with E-state index in [1.54, 1.807) is 0 Å². The van der Waals surface area contributed by atoms with Crippen molar-refractivity contribution in [1.29, 1.82) is 0 Å². The second-order valence-electron chi connectivity index (χ2n) is 13.9. The SMILES string of the molecule is CC1(C)COC(CC2(CS[C@H](CCc3ccccc3C(C)(C)O)c3cccc(C=Cc4ccc5ccc(Cl)cc5n4)c3)CC2)=N1. The number of thioether (sulfide) groups is 1. The van der Waals surface area contributed by atoms with Gasteiger partial charge in [-0.1, -0.05) is 78.3 Å². The number of hydrogen-bond acceptors (Lipinski definition) is 5. The Hall–Kier alpha value is -3.12. The van der Waals surface area contributed by atoms with Crippen LogP contribution in [-0.4, -0.2) is 33.9 Å². The average Bonchev–Trinajstić information content (AvgIpc) is 3.68. The number of hydrogen-bond donors (Lipinski definition) is 1. The number of benzene rings is 3. The first-order valence-corrected chi connectivity index (χ1v) is 17.4. The zero-order valence-electron chi connectivity index (χ0n) is 26.7. The maximum absolute atomic E-state index is 10.9. The molecule has 1 aliphatic heterocycles. The lowest BCUT2D eigenvalue weighted by molar-refractivity contribution is 0.0776. The van der Waals surface area contributed by atoms with Crippen LogP contribution < -0.4 is 0 Å². The topological polar surface area (TPSA) is 54.7 Å². The van der Waals surface area contributed by atoms with Crippen LogP contribution in [0.5, 0.6) is 0 Å². The fraction of sp³-hybridized carbons (Fsp3) is 0.385. The summed E-state index contributed by atoms with van der Waals surface area (Å²) in [6, 6.07) is 27.2. The van der Waals surface area contributed by atoms with Gasteiger partial charge in [0, 0.05) is 27.8 Å². The van der Waals surface area contributed by atoms with Crippen LogP contribution in [0.4, 0.5) is 0 Å². The van der Waals surface area contributed by atoms with Gasteiger partial charge < -0.3 is 9.84 Å². The average molecular weight is 639 g/mol. The predicted molar refractivity (Wildman–Crippen MR) is 191 cm³/mol. The van der Waals surface area contributed by atoms with Crippen LogP contribution in [0.15, 0.2) is 83.9 Å². The van der Waals surface area contributed by atoms with Crippen molar-refractivity contribution < 1.29 is 9.84 Å². The molecule has 0 amide bonds. The van der Waals surface area contributed by atoms with Crippen molar-refractivity contribution in [2.24, 2.45) is 10.4 Å². The quantitative estimate of drug-likeness (QED) is 0.168. The van der Waals surface area contributed by atoms with Crippen molar-refractivity contribution in [3.63, 3.8) is 0 Å². The minimum Gasteiger partial charge on any atom is -0.478 e. The first-order chi connectivity index (χ1) is 21.5. The van der Waals surface area contributed by atoms with Gasteiger partial charge >= 0.3 is 0 Å². The van der Waals surface area contributed by atoms with Crippen molar-refractivity contribution in [1.82, 2.24) is 4.98 Å². The lowest BCUT2D eigenvalue weighted by Crippen LogP contribution is -2.18. The first-order valence-electron chi connectivity index (χ1n) is 16.0. The highest BCUT2D eigenvalue weighted by Crippen LogP contribution is 2.54. The molecule has 4 nitrogen and oxygen atoms in total. The van der Waals surface area contributed by atoms with Crippen LogP contribution in [0.25, 0.3) is 23.1 Å². The summed E-state index contributed by atoms with van der Waals surface area (Å²) in [4.78, 5) is 9.66. The molecule has 0 spiro atoms. The molecular formula is C39H43ClN2O2S. The third-order valence-corrected chi connectivity index (χ3v) is 10.8. The van der Waals surface area contributed by atoms with Crippen LogP contribution >= 0.6 is 23.4 Å². The van der Waals surface area contributed by atoms with E-state index in [2.05, 4.69) is 86.3 Å². The van der Waals surface area contributed by atoms with E-state index in [1.165, 1.54) is 24.0 Å². The van der Waals surface area contributed by atoms with Crippen molar-refractivity contribution in [3.8, 4) is 0 Å². The Labute approximate surface area is 277 Å². The molecule has 2 aliphatic rings. The first kappa shape index (κ1) is 31.8. The molecule has 0 bridgehead atoms. The van der Waals surface area contributed by atoms with Crippen LogP contribution in [-0.2, 0) is 16.8 Å². The third-order valence-electron chi connectivity index (χ3n) is 8.85. The van der Waals surface area contributed by atoms with E-state index in [0.717, 1.165) is 58.6 Å². The maximum Gasteiger partial charge on any atom is 0.184 e.